The van der Waals surface area contributed by atoms with E-state index < -0.39 is 0 Å². The molecule has 62 valence electrons. The predicted octanol–water partition coefficient (Wildman–Crippen LogP) is -2.65. The molecule has 0 atom stereocenters. The third-order valence-electron chi connectivity index (χ3n) is 1.58. The van der Waals surface area contributed by atoms with Crippen LogP contribution in [0.1, 0.15) is 0 Å². The monoisotopic (exact) mass is 177 g/mol. The Kier molecular flexibility index (Phi) is 5.19. The lowest BCUT2D eigenvalue weighted by Gasteiger charge is -2.29. The highest BCUT2D eigenvalue weighted by atomic mass is 28.3. The van der Waals surface area contributed by atoms with Gasteiger partial charge in [0.1, 0.15) is 9.68 Å². The summed E-state index contributed by atoms with van der Waals surface area (Å²) in [6, 6.07) is 0. The quantitative estimate of drug-likeness (QED) is 0.374. The molecular formula is C5H19N3Si2. The van der Waals surface area contributed by atoms with Crippen molar-refractivity contribution in [3.8, 4) is 0 Å². The first-order valence-corrected chi connectivity index (χ1v) is 6.09. The highest BCUT2D eigenvalue weighted by molar-refractivity contribution is 6.43. The summed E-state index contributed by atoms with van der Waals surface area (Å²) in [5.41, 5.74) is 0. The van der Waals surface area contributed by atoms with E-state index in [2.05, 4.69) is 42.6 Å². The Bertz CT molecular complexity index is 79.0. The molecule has 0 aromatic rings. The second kappa shape index (κ2) is 5.03. The largest absolute Gasteiger partial charge is 0.370 e. The highest BCUT2D eigenvalue weighted by Gasteiger charge is 2.11. The van der Waals surface area contributed by atoms with E-state index in [0.717, 1.165) is 10.4 Å². The Hall–Kier alpha value is 0.314. The van der Waals surface area contributed by atoms with Gasteiger partial charge in [-0.1, -0.05) is 0 Å². The molecule has 0 aliphatic carbocycles. The second-order valence-electron chi connectivity index (χ2n) is 2.97. The summed E-state index contributed by atoms with van der Waals surface area (Å²) in [5, 5.41) is 0. The number of hydrogen-bond acceptors (Lipinski definition) is 3. The van der Waals surface area contributed by atoms with Crippen LogP contribution < -0.4 is 4.65 Å². The molecule has 10 heavy (non-hydrogen) atoms. The summed E-state index contributed by atoms with van der Waals surface area (Å²) in [6.07, 6.45) is 0. The maximum absolute atomic E-state index is 3.42. The summed E-state index contributed by atoms with van der Waals surface area (Å²) in [5.74, 6) is 0.664. The topological polar surface area (TPSA) is 18.5 Å². The van der Waals surface area contributed by atoms with Crippen LogP contribution in [0.25, 0.3) is 0 Å². The van der Waals surface area contributed by atoms with Crippen molar-refractivity contribution in [1.82, 2.24) is 14.4 Å². The first-order valence-electron chi connectivity index (χ1n) is 3.57. The lowest BCUT2D eigenvalue weighted by molar-refractivity contribution is 0.200. The van der Waals surface area contributed by atoms with Gasteiger partial charge >= 0.3 is 0 Å². The molecule has 0 saturated carbocycles. The summed E-state index contributed by atoms with van der Waals surface area (Å²) in [7, 11) is 9.58. The number of nitrogens with zero attached hydrogens (tertiary/aromatic N) is 2. The second-order valence-corrected chi connectivity index (χ2v) is 6.93. The van der Waals surface area contributed by atoms with Gasteiger partial charge in [0, 0.05) is 0 Å². The van der Waals surface area contributed by atoms with E-state index >= 15 is 0 Å². The maximum atomic E-state index is 3.42. The molecule has 0 fully saturated rings. The Balaban J connectivity index is 3.73. The van der Waals surface area contributed by atoms with Crippen molar-refractivity contribution in [1.29, 1.82) is 0 Å². The van der Waals surface area contributed by atoms with Gasteiger partial charge in [-0.15, -0.1) is 0 Å². The molecule has 0 amide bonds. The van der Waals surface area contributed by atoms with Crippen LogP contribution in [-0.2, 0) is 0 Å². The van der Waals surface area contributed by atoms with Gasteiger partial charge in [0.2, 0.25) is 0 Å². The summed E-state index contributed by atoms with van der Waals surface area (Å²) >= 11 is 0. The zero-order chi connectivity index (χ0) is 8.15. The molecular weight excluding hydrogens is 158 g/mol. The van der Waals surface area contributed by atoms with Gasteiger partial charge < -0.3 is 4.65 Å². The fraction of sp³-hybridized carbons (Fsp3) is 1.00. The van der Waals surface area contributed by atoms with E-state index in [1.807, 2.05) is 0 Å². The normalized spacial score (nSPS) is 13.5. The van der Waals surface area contributed by atoms with E-state index in [1.165, 1.54) is 0 Å². The van der Waals surface area contributed by atoms with E-state index in [-0.39, 0.29) is 9.68 Å². The van der Waals surface area contributed by atoms with Gasteiger partial charge in [-0.3, -0.25) is 9.80 Å². The Morgan fingerprint density at radius 3 is 1.70 bits per heavy atom. The summed E-state index contributed by atoms with van der Waals surface area (Å²) < 4.78 is 3.42. The van der Waals surface area contributed by atoms with Crippen LogP contribution in [0.4, 0.5) is 0 Å². The van der Waals surface area contributed by atoms with Crippen molar-refractivity contribution >= 4 is 20.1 Å². The van der Waals surface area contributed by atoms with Crippen LogP contribution in [0, 0.1) is 0 Å². The van der Waals surface area contributed by atoms with E-state index in [4.69, 9.17) is 0 Å². The fourth-order valence-corrected chi connectivity index (χ4v) is 3.20. The minimum Gasteiger partial charge on any atom is -0.370 e. The van der Waals surface area contributed by atoms with Gasteiger partial charge in [0.05, 0.1) is 16.2 Å². The molecule has 0 spiro atoms. The molecule has 0 aliphatic rings. The molecule has 0 bridgehead atoms. The fourth-order valence-electron chi connectivity index (χ4n) is 1.01. The van der Waals surface area contributed by atoms with Crippen molar-refractivity contribution in [3.63, 3.8) is 0 Å². The average molecular weight is 177 g/mol. The van der Waals surface area contributed by atoms with E-state index in [1.54, 1.807) is 0 Å². The Morgan fingerprint density at radius 2 is 1.60 bits per heavy atom. The minimum atomic E-state index is -0.0957. The predicted molar refractivity (Wildman–Crippen MR) is 52.8 cm³/mol. The average Bonchev–Trinajstić information content (AvgIpc) is 1.81. The molecule has 5 heteroatoms. The zero-order valence-electron chi connectivity index (χ0n) is 7.68. The van der Waals surface area contributed by atoms with Crippen molar-refractivity contribution in [3.05, 3.63) is 0 Å². The van der Waals surface area contributed by atoms with Gasteiger partial charge in [-0.2, -0.15) is 0 Å². The van der Waals surface area contributed by atoms with Crippen molar-refractivity contribution < 1.29 is 0 Å². The number of rotatable bonds is 4. The Labute approximate surface area is 69.2 Å². The van der Waals surface area contributed by atoms with E-state index in [0.29, 0.717) is 5.79 Å². The van der Waals surface area contributed by atoms with Crippen LogP contribution >= 0.6 is 0 Å². The van der Waals surface area contributed by atoms with E-state index in [9.17, 15) is 0 Å². The SMILES string of the molecule is CN(C)C([SiH2]N[SiH3])N(C)C. The molecule has 0 radical (unpaired) electrons. The first-order chi connectivity index (χ1) is 4.59. The van der Waals surface area contributed by atoms with Gasteiger partial charge in [-0.25, -0.2) is 0 Å². The smallest absolute Gasteiger partial charge is 0.121 e. The molecule has 3 nitrogen and oxygen atoms in total. The highest BCUT2D eigenvalue weighted by Crippen LogP contribution is 1.91. The van der Waals surface area contributed by atoms with Gasteiger partial charge in [-0.05, 0) is 28.2 Å². The van der Waals surface area contributed by atoms with Crippen LogP contribution in [-0.4, -0.2) is 63.9 Å². The number of hydrogen-bond donors (Lipinski definition) is 1. The molecule has 0 heterocycles. The zero-order valence-corrected chi connectivity index (χ0v) is 11.1. The minimum absolute atomic E-state index is 0.0957. The van der Waals surface area contributed by atoms with Crippen LogP contribution in [0.3, 0.4) is 0 Å². The lowest BCUT2D eigenvalue weighted by Crippen LogP contribution is -2.49. The number of nitrogens with one attached hydrogen (secondary N) is 1. The molecule has 1 N–H and O–H groups in total. The maximum Gasteiger partial charge on any atom is 0.121 e. The summed E-state index contributed by atoms with van der Waals surface area (Å²) in [4.78, 5) is 4.55. The molecule has 0 aromatic carbocycles. The van der Waals surface area contributed by atoms with Crippen LogP contribution in [0.2, 0.25) is 0 Å². The molecule has 0 unspecified atom stereocenters. The first kappa shape index (κ1) is 10.3. The molecule has 0 rings (SSSR count). The molecule has 0 saturated heterocycles. The molecule has 0 aliphatic heterocycles. The van der Waals surface area contributed by atoms with Crippen molar-refractivity contribution in [2.45, 2.75) is 5.79 Å². The third kappa shape index (κ3) is 3.47. The third-order valence-corrected chi connectivity index (χ3v) is 5.04. The summed E-state index contributed by atoms with van der Waals surface area (Å²) in [6.45, 7) is 0. The van der Waals surface area contributed by atoms with Crippen LogP contribution in [0.15, 0.2) is 0 Å². The molecule has 0 aromatic heterocycles. The lowest BCUT2D eigenvalue weighted by atomic mass is 10.8. The Morgan fingerprint density at radius 1 is 1.20 bits per heavy atom. The van der Waals surface area contributed by atoms with Crippen molar-refractivity contribution in [2.75, 3.05) is 28.2 Å². The van der Waals surface area contributed by atoms with Gasteiger partial charge in [0.15, 0.2) is 0 Å². The van der Waals surface area contributed by atoms with Crippen molar-refractivity contribution in [2.24, 2.45) is 0 Å². The van der Waals surface area contributed by atoms with Gasteiger partial charge in [0.25, 0.3) is 0 Å². The van der Waals surface area contributed by atoms with Crippen LogP contribution in [0.5, 0.6) is 0 Å². The standard InChI is InChI=1S/C5H19N3Si2/c1-7(2)5(8(3)4)10-6-9/h5-6H,10H2,1-4,9H3.